The molecular formula is C14H17NO3. The van der Waals surface area contributed by atoms with Gasteiger partial charge in [0.2, 0.25) is 0 Å². The molecule has 2 rings (SSSR count). The van der Waals surface area contributed by atoms with Gasteiger partial charge in [-0.25, -0.2) is 4.79 Å². The number of carbonyl (C=O) groups excluding carboxylic acids is 2. The molecule has 96 valence electrons. The summed E-state index contributed by atoms with van der Waals surface area (Å²) in [4.78, 5) is 24.7. The Morgan fingerprint density at radius 3 is 2.22 bits per heavy atom. The molecule has 0 atom stereocenters. The van der Waals surface area contributed by atoms with Gasteiger partial charge in [0, 0.05) is 18.7 Å². The van der Waals surface area contributed by atoms with E-state index in [0.717, 1.165) is 25.9 Å². The van der Waals surface area contributed by atoms with Crippen LogP contribution in [0.3, 0.4) is 0 Å². The van der Waals surface area contributed by atoms with Gasteiger partial charge in [0.05, 0.1) is 0 Å². The van der Waals surface area contributed by atoms with Gasteiger partial charge in [-0.15, -0.1) is 0 Å². The fourth-order valence-electron chi connectivity index (χ4n) is 2.00. The largest absolute Gasteiger partial charge is 0.415 e. The van der Waals surface area contributed by atoms with Crippen LogP contribution in [0.2, 0.25) is 0 Å². The Bertz CT molecular complexity index is 433. The van der Waals surface area contributed by atoms with Crippen LogP contribution in [0.25, 0.3) is 0 Å². The van der Waals surface area contributed by atoms with Gasteiger partial charge in [0.25, 0.3) is 0 Å². The second-order valence-electron chi connectivity index (χ2n) is 4.50. The fourth-order valence-corrected chi connectivity index (χ4v) is 2.00. The third-order valence-electron chi connectivity index (χ3n) is 3.08. The lowest BCUT2D eigenvalue weighted by Crippen LogP contribution is -2.37. The Morgan fingerprint density at radius 1 is 1.06 bits per heavy atom. The van der Waals surface area contributed by atoms with Gasteiger partial charge in [-0.05, 0) is 50.5 Å². The first-order valence-corrected chi connectivity index (χ1v) is 6.24. The second kappa shape index (κ2) is 5.67. The summed E-state index contributed by atoms with van der Waals surface area (Å²) >= 11 is 0. The van der Waals surface area contributed by atoms with Crippen LogP contribution in [-0.2, 0) is 0 Å². The van der Waals surface area contributed by atoms with E-state index in [-0.39, 0.29) is 11.9 Å². The summed E-state index contributed by atoms with van der Waals surface area (Å²) < 4.78 is 5.26. The highest BCUT2D eigenvalue weighted by atomic mass is 16.6. The zero-order chi connectivity index (χ0) is 13.0. The molecular weight excluding hydrogens is 230 g/mol. The molecule has 4 heteroatoms. The lowest BCUT2D eigenvalue weighted by Gasteiger charge is -2.25. The number of carbonyl (C=O) groups is 2. The topological polar surface area (TPSA) is 46.6 Å². The van der Waals surface area contributed by atoms with E-state index in [2.05, 4.69) is 0 Å². The molecule has 0 aromatic heterocycles. The molecule has 1 saturated heterocycles. The van der Waals surface area contributed by atoms with E-state index in [1.54, 1.807) is 29.2 Å². The Morgan fingerprint density at radius 2 is 1.67 bits per heavy atom. The number of benzene rings is 1. The van der Waals surface area contributed by atoms with Crippen molar-refractivity contribution in [2.24, 2.45) is 0 Å². The first-order chi connectivity index (χ1) is 8.66. The van der Waals surface area contributed by atoms with Crippen molar-refractivity contribution in [2.75, 3.05) is 13.1 Å². The fraction of sp³-hybridized carbons (Fsp3) is 0.429. The summed E-state index contributed by atoms with van der Waals surface area (Å²) in [6.45, 7) is 3.05. The summed E-state index contributed by atoms with van der Waals surface area (Å²) in [7, 11) is 0. The first kappa shape index (κ1) is 12.6. The number of nitrogens with zero attached hydrogens (tertiary/aromatic N) is 1. The van der Waals surface area contributed by atoms with Crippen LogP contribution < -0.4 is 4.74 Å². The van der Waals surface area contributed by atoms with Crippen LogP contribution in [0.5, 0.6) is 5.75 Å². The van der Waals surface area contributed by atoms with Gasteiger partial charge in [-0.3, -0.25) is 4.79 Å². The van der Waals surface area contributed by atoms with E-state index in [4.69, 9.17) is 4.74 Å². The van der Waals surface area contributed by atoms with Crippen LogP contribution >= 0.6 is 0 Å². The molecule has 0 unspecified atom stereocenters. The lowest BCUT2D eigenvalue weighted by molar-refractivity contribution is 0.101. The van der Waals surface area contributed by atoms with Crippen LogP contribution in [0.15, 0.2) is 24.3 Å². The normalized spacial score (nSPS) is 15.3. The molecule has 1 fully saturated rings. The van der Waals surface area contributed by atoms with Crippen molar-refractivity contribution in [3.05, 3.63) is 29.8 Å². The lowest BCUT2D eigenvalue weighted by atomic mass is 10.1. The predicted octanol–water partition coefficient (Wildman–Crippen LogP) is 2.87. The Kier molecular flexibility index (Phi) is 3.97. The number of rotatable bonds is 2. The molecule has 1 heterocycles. The number of piperidine rings is 1. The third-order valence-corrected chi connectivity index (χ3v) is 3.08. The molecule has 4 nitrogen and oxygen atoms in total. The number of likely N-dealkylation sites (tertiary alicyclic amines) is 1. The summed E-state index contributed by atoms with van der Waals surface area (Å²) in [5.41, 5.74) is 0.618. The minimum absolute atomic E-state index is 0.00362. The maximum atomic E-state index is 11.8. The van der Waals surface area contributed by atoms with Crippen LogP contribution in [0, 0.1) is 0 Å². The molecule has 0 bridgehead atoms. The van der Waals surface area contributed by atoms with Gasteiger partial charge in [-0.2, -0.15) is 0 Å². The van der Waals surface area contributed by atoms with Crippen molar-refractivity contribution in [1.82, 2.24) is 4.90 Å². The molecule has 0 saturated carbocycles. The average molecular weight is 247 g/mol. The van der Waals surface area contributed by atoms with Crippen molar-refractivity contribution >= 4 is 11.9 Å². The minimum atomic E-state index is -0.301. The molecule has 1 aromatic carbocycles. The van der Waals surface area contributed by atoms with Crippen molar-refractivity contribution in [1.29, 1.82) is 0 Å². The van der Waals surface area contributed by atoms with E-state index in [9.17, 15) is 9.59 Å². The molecule has 0 aliphatic carbocycles. The van der Waals surface area contributed by atoms with Crippen LogP contribution in [-0.4, -0.2) is 29.9 Å². The van der Waals surface area contributed by atoms with E-state index >= 15 is 0 Å². The Hall–Kier alpha value is -1.84. The van der Waals surface area contributed by atoms with Crippen LogP contribution in [0.1, 0.15) is 36.5 Å². The highest BCUT2D eigenvalue weighted by Gasteiger charge is 2.18. The summed E-state index contributed by atoms with van der Waals surface area (Å²) in [5.74, 6) is 0.486. The average Bonchev–Trinajstić information content (AvgIpc) is 2.40. The van der Waals surface area contributed by atoms with E-state index in [1.807, 2.05) is 0 Å². The second-order valence-corrected chi connectivity index (χ2v) is 4.50. The quantitative estimate of drug-likeness (QED) is 0.755. The first-order valence-electron chi connectivity index (χ1n) is 6.24. The minimum Gasteiger partial charge on any atom is -0.410 e. The number of ether oxygens (including phenoxy) is 1. The zero-order valence-corrected chi connectivity index (χ0v) is 10.5. The Labute approximate surface area is 107 Å². The number of Topliss-reactive ketones (excluding diaryl/α,β-unsaturated/α-hetero) is 1. The molecule has 1 aromatic rings. The third kappa shape index (κ3) is 3.09. The summed E-state index contributed by atoms with van der Waals surface area (Å²) in [5, 5.41) is 0. The maximum Gasteiger partial charge on any atom is 0.415 e. The van der Waals surface area contributed by atoms with E-state index in [1.165, 1.54) is 13.3 Å². The van der Waals surface area contributed by atoms with Gasteiger partial charge in [0.15, 0.2) is 5.78 Å². The summed E-state index contributed by atoms with van der Waals surface area (Å²) in [6, 6.07) is 6.64. The maximum absolute atomic E-state index is 11.8. The highest BCUT2D eigenvalue weighted by molar-refractivity contribution is 5.94. The van der Waals surface area contributed by atoms with Gasteiger partial charge in [0.1, 0.15) is 5.75 Å². The van der Waals surface area contributed by atoms with Crippen molar-refractivity contribution in [3.8, 4) is 5.75 Å². The smallest absolute Gasteiger partial charge is 0.410 e. The van der Waals surface area contributed by atoms with Gasteiger partial charge >= 0.3 is 6.09 Å². The SMILES string of the molecule is CC(=O)c1ccc(OC(=O)N2CCCCC2)cc1. The van der Waals surface area contributed by atoms with Gasteiger partial charge in [-0.1, -0.05) is 0 Å². The predicted molar refractivity (Wildman–Crippen MR) is 67.9 cm³/mol. The monoisotopic (exact) mass is 247 g/mol. The van der Waals surface area contributed by atoms with Crippen molar-refractivity contribution in [3.63, 3.8) is 0 Å². The number of hydrogen-bond acceptors (Lipinski definition) is 3. The van der Waals surface area contributed by atoms with Crippen LogP contribution in [0.4, 0.5) is 4.79 Å². The Balaban J connectivity index is 1.96. The molecule has 0 N–H and O–H groups in total. The molecule has 0 radical (unpaired) electrons. The van der Waals surface area contributed by atoms with Gasteiger partial charge < -0.3 is 9.64 Å². The van der Waals surface area contributed by atoms with Crippen molar-refractivity contribution in [2.45, 2.75) is 26.2 Å². The summed E-state index contributed by atoms with van der Waals surface area (Å²) in [6.07, 6.45) is 2.96. The number of hydrogen-bond donors (Lipinski definition) is 0. The zero-order valence-electron chi connectivity index (χ0n) is 10.5. The molecule has 0 spiro atoms. The standard InChI is InChI=1S/C14H17NO3/c1-11(16)12-5-7-13(8-6-12)18-14(17)15-9-3-2-4-10-15/h5-8H,2-4,9-10H2,1H3. The molecule has 1 aliphatic heterocycles. The van der Waals surface area contributed by atoms with Crippen molar-refractivity contribution < 1.29 is 14.3 Å². The highest BCUT2D eigenvalue weighted by Crippen LogP contribution is 2.16. The number of ketones is 1. The molecule has 18 heavy (non-hydrogen) atoms. The van der Waals surface area contributed by atoms with E-state index < -0.39 is 0 Å². The molecule has 1 aliphatic rings. The van der Waals surface area contributed by atoms with E-state index in [0.29, 0.717) is 11.3 Å². The molecule has 1 amide bonds. The number of amides is 1.